The summed E-state index contributed by atoms with van der Waals surface area (Å²) in [6.07, 6.45) is 2.54. The first-order valence-corrected chi connectivity index (χ1v) is 7.03. The average Bonchev–Trinajstić information content (AvgIpc) is 2.84. The lowest BCUT2D eigenvalue weighted by molar-refractivity contribution is 0.0691. The molecule has 1 N–H and O–H groups in total. The predicted molar refractivity (Wildman–Crippen MR) is 69.8 cm³/mol. The Morgan fingerprint density at radius 2 is 2.11 bits per heavy atom. The van der Waals surface area contributed by atoms with Crippen LogP contribution in [0.4, 0.5) is 4.39 Å². The Morgan fingerprint density at radius 1 is 1.39 bits per heavy atom. The third-order valence-corrected chi connectivity index (χ3v) is 4.02. The van der Waals surface area contributed by atoms with Crippen molar-refractivity contribution in [1.82, 2.24) is 4.90 Å². The smallest absolute Gasteiger partial charge is 0.338 e. The molecule has 1 aromatic carbocycles. The SMILES string of the molecule is O=C(O)c1cc(SCCN2CCCC2)ccc1F. The lowest BCUT2D eigenvalue weighted by Gasteiger charge is -2.13. The first kappa shape index (κ1) is 13.4. The highest BCUT2D eigenvalue weighted by Crippen LogP contribution is 2.21. The molecule has 0 aromatic heterocycles. The van der Waals surface area contributed by atoms with Crippen molar-refractivity contribution in [2.75, 3.05) is 25.4 Å². The van der Waals surface area contributed by atoms with E-state index in [2.05, 4.69) is 4.90 Å². The Labute approximate surface area is 110 Å². The number of aromatic carboxylic acids is 1. The van der Waals surface area contributed by atoms with Gasteiger partial charge < -0.3 is 10.0 Å². The summed E-state index contributed by atoms with van der Waals surface area (Å²) in [5, 5.41) is 8.83. The van der Waals surface area contributed by atoms with Crippen molar-refractivity contribution in [3.63, 3.8) is 0 Å². The number of thioether (sulfide) groups is 1. The molecule has 0 saturated carbocycles. The summed E-state index contributed by atoms with van der Waals surface area (Å²) in [4.78, 5) is 14.0. The van der Waals surface area contributed by atoms with Gasteiger partial charge in [0.05, 0.1) is 5.56 Å². The summed E-state index contributed by atoms with van der Waals surface area (Å²) in [7, 11) is 0. The Balaban J connectivity index is 1.88. The fraction of sp³-hybridized carbons (Fsp3) is 0.462. The lowest BCUT2D eigenvalue weighted by atomic mass is 10.2. The lowest BCUT2D eigenvalue weighted by Crippen LogP contribution is -2.21. The van der Waals surface area contributed by atoms with E-state index in [0.29, 0.717) is 0 Å². The summed E-state index contributed by atoms with van der Waals surface area (Å²) < 4.78 is 13.2. The number of carboxylic acid groups (broad SMARTS) is 1. The van der Waals surface area contributed by atoms with Gasteiger partial charge in [-0.15, -0.1) is 11.8 Å². The van der Waals surface area contributed by atoms with Crippen molar-refractivity contribution in [2.45, 2.75) is 17.7 Å². The molecule has 0 unspecified atom stereocenters. The predicted octanol–water partition coefficient (Wildman–Crippen LogP) is 2.71. The van der Waals surface area contributed by atoms with Gasteiger partial charge in [0.25, 0.3) is 0 Å². The number of hydrogen-bond donors (Lipinski definition) is 1. The second-order valence-electron chi connectivity index (χ2n) is 4.34. The van der Waals surface area contributed by atoms with E-state index in [1.807, 2.05) is 0 Å². The molecule has 98 valence electrons. The van der Waals surface area contributed by atoms with Gasteiger partial charge in [-0.2, -0.15) is 0 Å². The van der Waals surface area contributed by atoms with Crippen LogP contribution in [0.3, 0.4) is 0 Å². The summed E-state index contributed by atoms with van der Waals surface area (Å²) in [5.41, 5.74) is -0.249. The zero-order chi connectivity index (χ0) is 13.0. The second kappa shape index (κ2) is 6.20. The molecule has 0 amide bonds. The van der Waals surface area contributed by atoms with Crippen molar-refractivity contribution >= 4 is 17.7 Å². The van der Waals surface area contributed by atoms with Crippen LogP contribution in [-0.2, 0) is 0 Å². The summed E-state index contributed by atoms with van der Waals surface area (Å²) in [6, 6.07) is 4.27. The number of carboxylic acids is 1. The maximum Gasteiger partial charge on any atom is 0.338 e. The van der Waals surface area contributed by atoms with Gasteiger partial charge in [-0.3, -0.25) is 0 Å². The molecule has 5 heteroatoms. The number of likely N-dealkylation sites (tertiary alicyclic amines) is 1. The molecule has 0 atom stereocenters. The molecule has 1 aliphatic rings. The molecule has 0 aliphatic carbocycles. The van der Waals surface area contributed by atoms with Crippen LogP contribution in [0.25, 0.3) is 0 Å². The first-order chi connectivity index (χ1) is 8.66. The number of halogens is 1. The van der Waals surface area contributed by atoms with E-state index in [9.17, 15) is 9.18 Å². The van der Waals surface area contributed by atoms with Crippen LogP contribution in [0.15, 0.2) is 23.1 Å². The quantitative estimate of drug-likeness (QED) is 0.834. The molecule has 1 heterocycles. The van der Waals surface area contributed by atoms with Crippen LogP contribution in [-0.4, -0.2) is 41.4 Å². The van der Waals surface area contributed by atoms with Crippen LogP contribution in [0.2, 0.25) is 0 Å². The Hall–Kier alpha value is -1.07. The van der Waals surface area contributed by atoms with Gasteiger partial charge in [-0.05, 0) is 44.1 Å². The molecule has 2 rings (SSSR count). The van der Waals surface area contributed by atoms with Crippen molar-refractivity contribution in [3.05, 3.63) is 29.6 Å². The van der Waals surface area contributed by atoms with E-state index >= 15 is 0 Å². The largest absolute Gasteiger partial charge is 0.478 e. The molecule has 18 heavy (non-hydrogen) atoms. The van der Waals surface area contributed by atoms with Gasteiger partial charge in [0.1, 0.15) is 5.82 Å². The fourth-order valence-corrected chi connectivity index (χ4v) is 3.01. The third kappa shape index (κ3) is 3.46. The number of carbonyl (C=O) groups is 1. The van der Waals surface area contributed by atoms with E-state index in [1.54, 1.807) is 17.8 Å². The maximum absolute atomic E-state index is 13.2. The van der Waals surface area contributed by atoms with E-state index in [4.69, 9.17) is 5.11 Å². The van der Waals surface area contributed by atoms with Crippen LogP contribution < -0.4 is 0 Å². The van der Waals surface area contributed by atoms with Crippen molar-refractivity contribution in [1.29, 1.82) is 0 Å². The van der Waals surface area contributed by atoms with Gasteiger partial charge in [-0.25, -0.2) is 9.18 Å². The standard InChI is InChI=1S/C13H16FNO2S/c14-12-4-3-10(9-11(12)13(16)17)18-8-7-15-5-1-2-6-15/h3-4,9H,1-2,5-8H2,(H,16,17). The zero-order valence-corrected chi connectivity index (χ0v) is 10.9. The maximum atomic E-state index is 13.2. The van der Waals surface area contributed by atoms with Crippen LogP contribution in [0, 0.1) is 5.82 Å². The monoisotopic (exact) mass is 269 g/mol. The Bertz CT molecular complexity index is 433. The second-order valence-corrected chi connectivity index (χ2v) is 5.51. The molecule has 0 radical (unpaired) electrons. The van der Waals surface area contributed by atoms with E-state index in [-0.39, 0.29) is 5.56 Å². The molecule has 0 bridgehead atoms. The molecule has 1 saturated heterocycles. The van der Waals surface area contributed by atoms with Crippen molar-refractivity contribution in [2.24, 2.45) is 0 Å². The molecule has 0 spiro atoms. The number of hydrogen-bond acceptors (Lipinski definition) is 3. The third-order valence-electron chi connectivity index (χ3n) is 3.04. The Kier molecular flexibility index (Phi) is 4.60. The highest BCUT2D eigenvalue weighted by atomic mass is 32.2. The normalized spacial score (nSPS) is 16.1. The number of rotatable bonds is 5. The Morgan fingerprint density at radius 3 is 2.78 bits per heavy atom. The number of benzene rings is 1. The molecular weight excluding hydrogens is 253 g/mol. The average molecular weight is 269 g/mol. The topological polar surface area (TPSA) is 40.5 Å². The first-order valence-electron chi connectivity index (χ1n) is 6.05. The van der Waals surface area contributed by atoms with Gasteiger partial charge in [-0.1, -0.05) is 0 Å². The molecule has 1 aliphatic heterocycles. The summed E-state index contributed by atoms with van der Waals surface area (Å²) in [6.45, 7) is 3.32. The molecule has 1 aromatic rings. The van der Waals surface area contributed by atoms with E-state index < -0.39 is 11.8 Å². The highest BCUT2D eigenvalue weighted by Gasteiger charge is 2.13. The number of nitrogens with zero attached hydrogens (tertiary/aromatic N) is 1. The van der Waals surface area contributed by atoms with Crippen LogP contribution in [0.1, 0.15) is 23.2 Å². The minimum atomic E-state index is -1.21. The van der Waals surface area contributed by atoms with Gasteiger partial charge >= 0.3 is 5.97 Å². The van der Waals surface area contributed by atoms with E-state index in [1.165, 1.54) is 25.0 Å². The van der Waals surface area contributed by atoms with Gasteiger partial charge in [0.15, 0.2) is 0 Å². The van der Waals surface area contributed by atoms with Crippen LogP contribution >= 0.6 is 11.8 Å². The molecular formula is C13H16FNO2S. The summed E-state index contributed by atoms with van der Waals surface area (Å²) in [5.74, 6) is -0.981. The minimum absolute atomic E-state index is 0.249. The molecule has 1 fully saturated rings. The van der Waals surface area contributed by atoms with Gasteiger partial charge in [0.2, 0.25) is 0 Å². The van der Waals surface area contributed by atoms with Crippen molar-refractivity contribution < 1.29 is 14.3 Å². The molecule has 3 nitrogen and oxygen atoms in total. The minimum Gasteiger partial charge on any atom is -0.478 e. The van der Waals surface area contributed by atoms with Crippen LogP contribution in [0.5, 0.6) is 0 Å². The highest BCUT2D eigenvalue weighted by molar-refractivity contribution is 7.99. The van der Waals surface area contributed by atoms with E-state index in [0.717, 1.165) is 30.3 Å². The fourth-order valence-electron chi connectivity index (χ4n) is 2.06. The summed E-state index contributed by atoms with van der Waals surface area (Å²) >= 11 is 1.58. The van der Waals surface area contributed by atoms with Gasteiger partial charge in [0, 0.05) is 17.2 Å². The van der Waals surface area contributed by atoms with Crippen molar-refractivity contribution in [3.8, 4) is 0 Å². The zero-order valence-electron chi connectivity index (χ0n) is 10.1.